The van der Waals surface area contributed by atoms with Crippen LogP contribution in [0.25, 0.3) is 11.1 Å². The Labute approximate surface area is 345 Å². The van der Waals surface area contributed by atoms with Crippen LogP contribution in [0.4, 0.5) is 0 Å². The molecule has 57 heavy (non-hydrogen) atoms. The SMILES string of the molecule is CC(C)C.CCC(C)(C)C(O)Oc1ccc(-c2ccc(CC(C)(C)C(N)(CC)C(O)Oc3ccc(C4CCCCC4)cc3)c(C)c2)cc1C.Cc1ccc(O)cc1. The van der Waals surface area contributed by atoms with Gasteiger partial charge in [0.05, 0.1) is 5.54 Å². The van der Waals surface area contributed by atoms with Crippen LogP contribution in [-0.2, 0) is 6.42 Å². The number of rotatable bonds is 13. The fourth-order valence-corrected chi connectivity index (χ4v) is 7.15. The number of hydrogen-bond donors (Lipinski definition) is 4. The monoisotopic (exact) mass is 782 g/mol. The van der Waals surface area contributed by atoms with E-state index in [1.807, 2.05) is 71.0 Å². The Bertz CT molecular complexity index is 1770. The molecule has 4 aromatic carbocycles. The lowest BCUT2D eigenvalue weighted by atomic mass is 9.67. The van der Waals surface area contributed by atoms with E-state index in [2.05, 4.69) is 84.9 Å². The number of aromatic hydroxyl groups is 1. The summed E-state index contributed by atoms with van der Waals surface area (Å²) in [5.74, 6) is 3.14. The number of nitrogens with two attached hydrogens (primary N) is 1. The predicted octanol–water partition coefficient (Wildman–Crippen LogP) is 12.6. The molecule has 5 N–H and O–H groups in total. The lowest BCUT2D eigenvalue weighted by molar-refractivity contribution is -0.116. The lowest BCUT2D eigenvalue weighted by Crippen LogP contribution is -2.63. The normalized spacial score (nSPS) is 15.6. The van der Waals surface area contributed by atoms with E-state index in [0.29, 0.717) is 36.0 Å². The van der Waals surface area contributed by atoms with Gasteiger partial charge in [-0.05, 0) is 140 Å². The van der Waals surface area contributed by atoms with Crippen LogP contribution in [0.3, 0.4) is 0 Å². The summed E-state index contributed by atoms with van der Waals surface area (Å²) in [7, 11) is 0. The summed E-state index contributed by atoms with van der Waals surface area (Å²) < 4.78 is 12.1. The van der Waals surface area contributed by atoms with Crippen molar-refractivity contribution in [2.24, 2.45) is 22.5 Å². The molecule has 0 bridgehead atoms. The zero-order valence-electron chi connectivity index (χ0n) is 37.3. The number of phenols is 1. The smallest absolute Gasteiger partial charge is 0.216 e. The third kappa shape index (κ3) is 13.6. The molecular weight excluding hydrogens is 707 g/mol. The standard InChI is InChI=1S/C40H57NO4.C7H8O.C4H10/c1-9-38(5,6)36(42)45-35-23-20-32(25-28(35)4)31-16-17-33(27(3)24-31)26-39(7,8)40(41,10-2)37(43)44-34-21-18-30(19-22-34)29-14-12-11-13-15-29;1-6-2-4-7(8)5-3-6;1-4(2)3/h16-25,29,36-37,42-43H,9-15,26,41H2,1-8H3;2-5,8H,1H3;4H,1-3H3. The zero-order chi connectivity index (χ0) is 42.6. The molecule has 1 fully saturated rings. The number of hydrogen-bond acceptors (Lipinski definition) is 6. The number of aliphatic hydroxyl groups is 2. The molecule has 5 rings (SSSR count). The summed E-state index contributed by atoms with van der Waals surface area (Å²) in [4.78, 5) is 0. The molecule has 4 aromatic rings. The topological polar surface area (TPSA) is 105 Å². The molecule has 1 saturated carbocycles. The van der Waals surface area contributed by atoms with E-state index < -0.39 is 23.5 Å². The van der Waals surface area contributed by atoms with Crippen LogP contribution in [0.5, 0.6) is 17.2 Å². The van der Waals surface area contributed by atoms with Gasteiger partial charge < -0.3 is 30.5 Å². The highest BCUT2D eigenvalue weighted by Crippen LogP contribution is 2.40. The highest BCUT2D eigenvalue weighted by molar-refractivity contribution is 5.67. The van der Waals surface area contributed by atoms with Crippen molar-refractivity contribution in [2.75, 3.05) is 0 Å². The largest absolute Gasteiger partial charge is 0.508 e. The second-order valence-electron chi connectivity index (χ2n) is 18.3. The molecular formula is C51H75NO5. The van der Waals surface area contributed by atoms with Crippen LogP contribution in [0.15, 0.2) is 84.9 Å². The van der Waals surface area contributed by atoms with Crippen LogP contribution >= 0.6 is 0 Å². The fourth-order valence-electron chi connectivity index (χ4n) is 7.15. The second kappa shape index (κ2) is 21.2. The molecule has 3 atom stereocenters. The minimum atomic E-state index is -1.15. The van der Waals surface area contributed by atoms with Crippen LogP contribution in [-0.4, -0.2) is 33.4 Å². The van der Waals surface area contributed by atoms with Gasteiger partial charge in [0.25, 0.3) is 0 Å². The summed E-state index contributed by atoms with van der Waals surface area (Å²) in [6, 6.07) is 28.0. The maximum Gasteiger partial charge on any atom is 0.216 e. The van der Waals surface area contributed by atoms with Gasteiger partial charge in [-0.2, -0.15) is 0 Å². The van der Waals surface area contributed by atoms with Gasteiger partial charge in [0, 0.05) is 5.41 Å². The van der Waals surface area contributed by atoms with Crippen LogP contribution in [0.1, 0.15) is 141 Å². The van der Waals surface area contributed by atoms with Crippen molar-refractivity contribution < 1.29 is 24.8 Å². The van der Waals surface area contributed by atoms with Crippen LogP contribution in [0.2, 0.25) is 0 Å². The maximum absolute atomic E-state index is 11.4. The Hall–Kier alpha value is -3.84. The minimum absolute atomic E-state index is 0.327. The number of benzene rings is 4. The first-order valence-corrected chi connectivity index (χ1v) is 21.3. The molecule has 0 aliphatic heterocycles. The first-order valence-electron chi connectivity index (χ1n) is 21.3. The average Bonchev–Trinajstić information content (AvgIpc) is 3.17. The second-order valence-corrected chi connectivity index (χ2v) is 18.3. The molecule has 0 aromatic heterocycles. The van der Waals surface area contributed by atoms with Gasteiger partial charge in [-0.25, -0.2) is 0 Å². The summed E-state index contributed by atoms with van der Waals surface area (Å²) in [5.41, 5.74) is 13.4. The molecule has 314 valence electrons. The van der Waals surface area contributed by atoms with Crippen molar-refractivity contribution >= 4 is 0 Å². The van der Waals surface area contributed by atoms with Crippen molar-refractivity contribution in [2.45, 2.75) is 158 Å². The van der Waals surface area contributed by atoms with Gasteiger partial charge >= 0.3 is 0 Å². The van der Waals surface area contributed by atoms with Crippen molar-refractivity contribution in [3.63, 3.8) is 0 Å². The van der Waals surface area contributed by atoms with E-state index in [1.165, 1.54) is 54.4 Å². The molecule has 0 radical (unpaired) electrons. The van der Waals surface area contributed by atoms with E-state index >= 15 is 0 Å². The lowest BCUT2D eigenvalue weighted by Gasteiger charge is -2.46. The average molecular weight is 782 g/mol. The highest BCUT2D eigenvalue weighted by Gasteiger charge is 2.47. The molecule has 3 unspecified atom stereocenters. The molecule has 1 aliphatic carbocycles. The summed E-state index contributed by atoms with van der Waals surface area (Å²) in [5, 5.41) is 30.7. The van der Waals surface area contributed by atoms with Crippen LogP contribution in [0, 0.1) is 37.5 Å². The molecule has 0 saturated heterocycles. The van der Waals surface area contributed by atoms with Crippen molar-refractivity contribution in [3.05, 3.63) is 113 Å². The Morgan fingerprint density at radius 2 is 1.23 bits per heavy atom. The third-order valence-electron chi connectivity index (χ3n) is 11.8. The number of aliphatic hydroxyl groups excluding tert-OH is 2. The van der Waals surface area contributed by atoms with E-state index in [1.54, 1.807) is 12.1 Å². The first-order chi connectivity index (χ1) is 26.7. The molecule has 6 nitrogen and oxygen atoms in total. The van der Waals surface area contributed by atoms with Gasteiger partial charge in [0.2, 0.25) is 12.6 Å². The van der Waals surface area contributed by atoms with E-state index in [-0.39, 0.29) is 5.41 Å². The molecule has 0 spiro atoms. The van der Waals surface area contributed by atoms with Crippen molar-refractivity contribution in [3.8, 4) is 28.4 Å². The number of phenolic OH excluding ortho intramolecular Hbond substituents is 1. The molecule has 1 aliphatic rings. The fraction of sp³-hybridized carbons (Fsp3) is 0.529. The first kappa shape index (κ1) is 47.5. The van der Waals surface area contributed by atoms with Gasteiger partial charge in [-0.3, -0.25) is 0 Å². The maximum atomic E-state index is 11.4. The Morgan fingerprint density at radius 3 is 1.72 bits per heavy atom. The molecule has 0 amide bonds. The zero-order valence-corrected chi connectivity index (χ0v) is 37.3. The quantitative estimate of drug-likeness (QED) is 0.101. The van der Waals surface area contributed by atoms with E-state index in [9.17, 15) is 10.2 Å². The van der Waals surface area contributed by atoms with Gasteiger partial charge in [0.1, 0.15) is 17.2 Å². The van der Waals surface area contributed by atoms with Gasteiger partial charge in [0.15, 0.2) is 0 Å². The molecule has 0 heterocycles. The van der Waals surface area contributed by atoms with Crippen molar-refractivity contribution in [1.82, 2.24) is 0 Å². The Morgan fingerprint density at radius 1 is 0.684 bits per heavy atom. The van der Waals surface area contributed by atoms with Crippen molar-refractivity contribution in [1.29, 1.82) is 0 Å². The summed E-state index contributed by atoms with van der Waals surface area (Å²) >= 11 is 0. The van der Waals surface area contributed by atoms with Crippen LogP contribution < -0.4 is 15.2 Å². The number of aryl methyl sites for hydroxylation is 3. The van der Waals surface area contributed by atoms with E-state index in [4.69, 9.17) is 20.3 Å². The molecule has 6 heteroatoms. The summed E-state index contributed by atoms with van der Waals surface area (Å²) in [6.07, 6.45) is 6.51. The number of ether oxygens (including phenoxy) is 2. The highest BCUT2D eigenvalue weighted by atomic mass is 16.6. The Balaban J connectivity index is 0.000000622. The van der Waals surface area contributed by atoms with E-state index in [0.717, 1.165) is 29.0 Å². The third-order valence-corrected chi connectivity index (χ3v) is 11.8. The summed E-state index contributed by atoms with van der Waals surface area (Å²) in [6.45, 7) is 25.0. The minimum Gasteiger partial charge on any atom is -0.508 e. The van der Waals surface area contributed by atoms with Gasteiger partial charge in [-0.1, -0.05) is 136 Å². The van der Waals surface area contributed by atoms with Gasteiger partial charge in [-0.15, -0.1) is 0 Å². The Kier molecular flexibility index (Phi) is 17.7. The predicted molar refractivity (Wildman–Crippen MR) is 239 cm³/mol.